The summed E-state index contributed by atoms with van der Waals surface area (Å²) < 4.78 is 0. The maximum Gasteiger partial charge on any atom is 0.326 e. The Hall–Kier alpha value is -2.69. The number of carbonyl (C=O) groups is 5. The van der Waals surface area contributed by atoms with Crippen LogP contribution in [0.2, 0.25) is 0 Å². The minimum absolute atomic E-state index is 0.0246. The van der Waals surface area contributed by atoms with Gasteiger partial charge in [-0.3, -0.25) is 19.2 Å². The second-order valence-corrected chi connectivity index (χ2v) is 9.02. The van der Waals surface area contributed by atoms with Crippen LogP contribution < -0.4 is 16.8 Å². The number of hydrogen-bond donors (Lipinski definition) is 4. The number of primary amides is 1. The average Bonchev–Trinajstić information content (AvgIpc) is 3.39. The predicted octanol–water partition coefficient (Wildman–Crippen LogP) is -0.823. The van der Waals surface area contributed by atoms with Crippen molar-refractivity contribution in [2.75, 3.05) is 13.1 Å². The van der Waals surface area contributed by atoms with Gasteiger partial charge in [0.1, 0.15) is 18.1 Å². The van der Waals surface area contributed by atoms with E-state index in [1.54, 1.807) is 0 Å². The summed E-state index contributed by atoms with van der Waals surface area (Å²) in [5.74, 6) is -2.82. The SMILES string of the molecule is CC(C)CC(NC(=O)C1CCCN1C(=O)C(N)CCC(N)=O)C(=O)N1CCCC1C(=O)O. The number of carboxylic acid groups (broad SMARTS) is 1. The third kappa shape index (κ3) is 6.41. The first-order chi connectivity index (χ1) is 15.0. The zero-order chi connectivity index (χ0) is 24.0. The molecule has 32 heavy (non-hydrogen) atoms. The van der Waals surface area contributed by atoms with Gasteiger partial charge in [-0.1, -0.05) is 13.8 Å². The second kappa shape index (κ2) is 11.3. The Bertz CT molecular complexity index is 742. The van der Waals surface area contributed by atoms with E-state index in [9.17, 15) is 29.1 Å². The highest BCUT2D eigenvalue weighted by Gasteiger charge is 2.40. The lowest BCUT2D eigenvalue weighted by Gasteiger charge is -2.31. The molecule has 11 heteroatoms. The van der Waals surface area contributed by atoms with E-state index in [4.69, 9.17) is 11.5 Å². The summed E-state index contributed by atoms with van der Waals surface area (Å²) in [5.41, 5.74) is 11.0. The highest BCUT2D eigenvalue weighted by Crippen LogP contribution is 2.22. The zero-order valence-electron chi connectivity index (χ0n) is 18.8. The van der Waals surface area contributed by atoms with E-state index in [2.05, 4.69) is 5.32 Å². The molecule has 0 bridgehead atoms. The first kappa shape index (κ1) is 25.6. The minimum atomic E-state index is -1.05. The van der Waals surface area contributed by atoms with Gasteiger partial charge in [0.25, 0.3) is 0 Å². The highest BCUT2D eigenvalue weighted by atomic mass is 16.4. The van der Waals surface area contributed by atoms with E-state index < -0.39 is 53.8 Å². The van der Waals surface area contributed by atoms with Crippen molar-refractivity contribution in [1.29, 1.82) is 0 Å². The normalized spacial score (nSPS) is 22.6. The van der Waals surface area contributed by atoms with Crippen LogP contribution in [-0.4, -0.2) is 81.8 Å². The number of carboxylic acids is 1. The van der Waals surface area contributed by atoms with Crippen LogP contribution in [0.4, 0.5) is 0 Å². The molecule has 0 saturated carbocycles. The van der Waals surface area contributed by atoms with E-state index in [1.807, 2.05) is 13.8 Å². The largest absolute Gasteiger partial charge is 0.480 e. The summed E-state index contributed by atoms with van der Waals surface area (Å²) in [5, 5.41) is 12.2. The molecule has 0 aromatic heterocycles. The average molecular weight is 454 g/mol. The Morgan fingerprint density at radius 3 is 2.09 bits per heavy atom. The third-order valence-electron chi connectivity index (χ3n) is 6.00. The van der Waals surface area contributed by atoms with Gasteiger partial charge in [0.2, 0.25) is 23.6 Å². The van der Waals surface area contributed by atoms with E-state index in [0.717, 1.165) is 0 Å². The molecule has 0 aromatic carbocycles. The fourth-order valence-corrected chi connectivity index (χ4v) is 4.39. The Morgan fingerprint density at radius 2 is 1.56 bits per heavy atom. The molecule has 2 heterocycles. The lowest BCUT2D eigenvalue weighted by Crippen LogP contribution is -2.57. The first-order valence-corrected chi connectivity index (χ1v) is 11.2. The quantitative estimate of drug-likeness (QED) is 0.334. The van der Waals surface area contributed by atoms with Crippen molar-refractivity contribution in [3.8, 4) is 0 Å². The van der Waals surface area contributed by atoms with Crippen LogP contribution in [0, 0.1) is 5.92 Å². The van der Waals surface area contributed by atoms with Gasteiger partial charge in [0, 0.05) is 19.5 Å². The zero-order valence-corrected chi connectivity index (χ0v) is 18.8. The molecule has 2 saturated heterocycles. The molecule has 11 nitrogen and oxygen atoms in total. The first-order valence-electron chi connectivity index (χ1n) is 11.2. The number of rotatable bonds is 10. The van der Waals surface area contributed by atoms with Crippen molar-refractivity contribution >= 4 is 29.6 Å². The summed E-state index contributed by atoms with van der Waals surface area (Å²) in [6.07, 6.45) is 2.46. The molecule has 0 radical (unpaired) electrons. The molecule has 2 aliphatic heterocycles. The molecule has 0 aromatic rings. The Balaban J connectivity index is 2.09. The van der Waals surface area contributed by atoms with Gasteiger partial charge in [-0.05, 0) is 44.4 Å². The maximum atomic E-state index is 13.1. The fourth-order valence-electron chi connectivity index (χ4n) is 4.39. The molecule has 0 spiro atoms. The van der Waals surface area contributed by atoms with Crippen LogP contribution in [0.3, 0.4) is 0 Å². The Kier molecular flexibility index (Phi) is 8.99. The lowest BCUT2D eigenvalue weighted by atomic mass is 10.0. The molecule has 6 N–H and O–H groups in total. The number of hydrogen-bond acceptors (Lipinski definition) is 6. The van der Waals surface area contributed by atoms with Crippen LogP contribution in [0.25, 0.3) is 0 Å². The topological polar surface area (TPSA) is 176 Å². The van der Waals surface area contributed by atoms with Crippen molar-refractivity contribution in [2.45, 2.75) is 83.0 Å². The molecule has 180 valence electrons. The van der Waals surface area contributed by atoms with Gasteiger partial charge in [0.15, 0.2) is 0 Å². The lowest BCUT2D eigenvalue weighted by molar-refractivity contribution is -0.150. The highest BCUT2D eigenvalue weighted by molar-refractivity contribution is 5.94. The van der Waals surface area contributed by atoms with E-state index >= 15 is 0 Å². The van der Waals surface area contributed by atoms with Gasteiger partial charge in [-0.15, -0.1) is 0 Å². The van der Waals surface area contributed by atoms with Crippen LogP contribution in [0.1, 0.15) is 58.8 Å². The van der Waals surface area contributed by atoms with E-state index in [0.29, 0.717) is 45.2 Å². The van der Waals surface area contributed by atoms with Crippen molar-refractivity contribution in [2.24, 2.45) is 17.4 Å². The third-order valence-corrected chi connectivity index (χ3v) is 6.00. The number of carbonyl (C=O) groups excluding carboxylic acids is 4. The van der Waals surface area contributed by atoms with Gasteiger partial charge in [-0.25, -0.2) is 4.79 Å². The molecular formula is C21H35N5O6. The van der Waals surface area contributed by atoms with Crippen molar-refractivity contribution < 1.29 is 29.1 Å². The summed E-state index contributed by atoms with van der Waals surface area (Å²) in [4.78, 5) is 64.1. The molecular weight excluding hydrogens is 418 g/mol. The van der Waals surface area contributed by atoms with E-state index in [1.165, 1.54) is 9.80 Å². The predicted molar refractivity (Wildman–Crippen MR) is 115 cm³/mol. The summed E-state index contributed by atoms with van der Waals surface area (Å²) in [6, 6.07) is -3.46. The fraction of sp³-hybridized carbons (Fsp3) is 0.762. The molecule has 4 atom stereocenters. The summed E-state index contributed by atoms with van der Waals surface area (Å²) >= 11 is 0. The van der Waals surface area contributed by atoms with E-state index in [-0.39, 0.29) is 18.8 Å². The summed E-state index contributed by atoms with van der Waals surface area (Å²) in [7, 11) is 0. The van der Waals surface area contributed by atoms with Crippen molar-refractivity contribution in [1.82, 2.24) is 15.1 Å². The number of nitrogens with one attached hydrogen (secondary N) is 1. The van der Waals surface area contributed by atoms with Crippen molar-refractivity contribution in [3.05, 3.63) is 0 Å². The molecule has 4 unspecified atom stereocenters. The van der Waals surface area contributed by atoms with Crippen molar-refractivity contribution in [3.63, 3.8) is 0 Å². The van der Waals surface area contributed by atoms with Crippen LogP contribution >= 0.6 is 0 Å². The summed E-state index contributed by atoms with van der Waals surface area (Å²) in [6.45, 7) is 4.52. The number of amides is 4. The minimum Gasteiger partial charge on any atom is -0.480 e. The maximum absolute atomic E-state index is 13.1. The monoisotopic (exact) mass is 453 g/mol. The number of likely N-dealkylation sites (tertiary alicyclic amines) is 2. The number of aliphatic carboxylic acids is 1. The van der Waals surface area contributed by atoms with Gasteiger partial charge in [0.05, 0.1) is 6.04 Å². The Labute approximate surface area is 187 Å². The molecule has 2 aliphatic rings. The second-order valence-electron chi connectivity index (χ2n) is 9.02. The van der Waals surface area contributed by atoms with Crippen LogP contribution in [0.15, 0.2) is 0 Å². The van der Waals surface area contributed by atoms with Crippen LogP contribution in [-0.2, 0) is 24.0 Å². The molecule has 2 fully saturated rings. The van der Waals surface area contributed by atoms with Gasteiger partial charge >= 0.3 is 5.97 Å². The van der Waals surface area contributed by atoms with Gasteiger partial charge in [-0.2, -0.15) is 0 Å². The molecule has 4 amide bonds. The van der Waals surface area contributed by atoms with Gasteiger partial charge < -0.3 is 31.7 Å². The Morgan fingerprint density at radius 1 is 1.00 bits per heavy atom. The number of nitrogens with zero attached hydrogens (tertiary/aromatic N) is 2. The standard InChI is InChI=1S/C21H35N5O6/c1-12(2)11-14(20(30)26-10-4-6-16(26)21(31)32)24-18(28)15-5-3-9-25(15)19(29)13(22)7-8-17(23)27/h12-16H,3-11,22H2,1-2H3,(H2,23,27)(H,24,28)(H,31,32). The smallest absolute Gasteiger partial charge is 0.326 e. The number of nitrogens with two attached hydrogens (primary N) is 2. The molecule has 0 aliphatic carbocycles. The van der Waals surface area contributed by atoms with Crippen LogP contribution in [0.5, 0.6) is 0 Å². The molecule has 2 rings (SSSR count).